The van der Waals surface area contributed by atoms with Gasteiger partial charge in [-0.25, -0.2) is 4.98 Å². The van der Waals surface area contributed by atoms with Crippen LogP contribution in [0.3, 0.4) is 0 Å². The molecule has 1 atom stereocenters. The van der Waals surface area contributed by atoms with E-state index < -0.39 is 0 Å². The summed E-state index contributed by atoms with van der Waals surface area (Å²) in [5, 5.41) is 6.86. The Labute approximate surface area is 115 Å². The summed E-state index contributed by atoms with van der Waals surface area (Å²) >= 11 is 1.79. The molecule has 102 valence electrons. The topological polar surface area (TPSA) is 28.2 Å². The number of hydrogen-bond acceptors (Lipinski definition) is 4. The van der Waals surface area contributed by atoms with Crippen molar-refractivity contribution in [1.29, 1.82) is 0 Å². The number of thiazole rings is 1. The molecule has 18 heavy (non-hydrogen) atoms. The van der Waals surface area contributed by atoms with Gasteiger partial charge in [-0.3, -0.25) is 4.90 Å². The maximum Gasteiger partial charge on any atom is 0.107 e. The molecule has 1 aliphatic heterocycles. The summed E-state index contributed by atoms with van der Waals surface area (Å²) in [6.45, 7) is 10.1. The molecule has 1 fully saturated rings. The van der Waals surface area contributed by atoms with Crippen molar-refractivity contribution in [2.45, 2.75) is 46.2 Å². The first kappa shape index (κ1) is 14.0. The van der Waals surface area contributed by atoms with E-state index in [0.717, 1.165) is 25.6 Å². The van der Waals surface area contributed by atoms with Crippen molar-refractivity contribution in [2.24, 2.45) is 5.92 Å². The van der Waals surface area contributed by atoms with E-state index in [2.05, 4.69) is 29.4 Å². The summed E-state index contributed by atoms with van der Waals surface area (Å²) in [6, 6.07) is 0. The van der Waals surface area contributed by atoms with Crippen molar-refractivity contribution in [3.8, 4) is 0 Å². The van der Waals surface area contributed by atoms with Crippen LogP contribution in [0.4, 0.5) is 0 Å². The zero-order valence-corrected chi connectivity index (χ0v) is 12.4. The molecule has 1 N–H and O–H groups in total. The maximum absolute atomic E-state index is 4.71. The molecule has 0 aromatic carbocycles. The van der Waals surface area contributed by atoms with Gasteiger partial charge in [0.05, 0.1) is 5.69 Å². The van der Waals surface area contributed by atoms with E-state index in [0.29, 0.717) is 0 Å². The third-order valence-electron chi connectivity index (χ3n) is 3.64. The molecule has 0 bridgehead atoms. The van der Waals surface area contributed by atoms with Crippen LogP contribution >= 0.6 is 11.3 Å². The lowest BCUT2D eigenvalue weighted by atomic mass is 10.1. The quantitative estimate of drug-likeness (QED) is 0.770. The zero-order valence-electron chi connectivity index (χ0n) is 11.6. The van der Waals surface area contributed by atoms with Gasteiger partial charge in [0.25, 0.3) is 0 Å². The summed E-state index contributed by atoms with van der Waals surface area (Å²) in [4.78, 5) is 7.26. The van der Waals surface area contributed by atoms with Crippen LogP contribution in [0.15, 0.2) is 5.38 Å². The molecule has 0 spiro atoms. The first-order chi connectivity index (χ1) is 8.81. The highest BCUT2D eigenvalue weighted by atomic mass is 32.1. The number of likely N-dealkylation sites (tertiary alicyclic amines) is 1. The van der Waals surface area contributed by atoms with Crippen LogP contribution in [0.2, 0.25) is 0 Å². The fraction of sp³-hybridized carbons (Fsp3) is 0.786. The Balaban J connectivity index is 1.76. The predicted molar refractivity (Wildman–Crippen MR) is 77.8 cm³/mol. The van der Waals surface area contributed by atoms with Crippen LogP contribution in [-0.2, 0) is 13.1 Å². The van der Waals surface area contributed by atoms with Gasteiger partial charge in [-0.05, 0) is 31.8 Å². The van der Waals surface area contributed by atoms with Crippen LogP contribution in [0.1, 0.15) is 43.8 Å². The first-order valence-corrected chi connectivity index (χ1v) is 8.06. The van der Waals surface area contributed by atoms with Crippen LogP contribution < -0.4 is 5.32 Å². The number of aromatic nitrogens is 1. The highest BCUT2D eigenvalue weighted by Gasteiger charge is 2.21. The van der Waals surface area contributed by atoms with Crippen molar-refractivity contribution in [3.05, 3.63) is 16.1 Å². The van der Waals surface area contributed by atoms with Crippen molar-refractivity contribution in [2.75, 3.05) is 19.6 Å². The molecule has 0 aliphatic carbocycles. The second-order valence-electron chi connectivity index (χ2n) is 5.21. The normalized spacial score (nSPS) is 20.7. The lowest BCUT2D eigenvalue weighted by Crippen LogP contribution is -2.20. The number of nitrogens with one attached hydrogen (secondary N) is 1. The van der Waals surface area contributed by atoms with Crippen LogP contribution in [-0.4, -0.2) is 29.5 Å². The second-order valence-corrected chi connectivity index (χ2v) is 6.15. The zero-order chi connectivity index (χ0) is 12.8. The Kier molecular flexibility index (Phi) is 5.60. The SMILES string of the molecule is CCCNCc1nc(CN2CCC(CC)C2)cs1. The molecule has 0 saturated carbocycles. The second kappa shape index (κ2) is 7.22. The van der Waals surface area contributed by atoms with E-state index >= 15 is 0 Å². The lowest BCUT2D eigenvalue weighted by Gasteiger charge is -2.13. The smallest absolute Gasteiger partial charge is 0.107 e. The van der Waals surface area contributed by atoms with E-state index in [9.17, 15) is 0 Å². The lowest BCUT2D eigenvalue weighted by molar-refractivity contribution is 0.312. The van der Waals surface area contributed by atoms with Crippen LogP contribution in [0.5, 0.6) is 0 Å². The summed E-state index contributed by atoms with van der Waals surface area (Å²) in [7, 11) is 0. The Bertz CT molecular complexity index is 351. The Morgan fingerprint density at radius 2 is 2.39 bits per heavy atom. The number of hydrogen-bond donors (Lipinski definition) is 1. The molecular formula is C14H25N3S. The molecule has 1 aromatic rings. The minimum atomic E-state index is 0.911. The average molecular weight is 267 g/mol. The highest BCUT2D eigenvalue weighted by molar-refractivity contribution is 7.09. The van der Waals surface area contributed by atoms with Gasteiger partial charge in [0.15, 0.2) is 0 Å². The minimum Gasteiger partial charge on any atom is -0.310 e. The monoisotopic (exact) mass is 267 g/mol. The molecular weight excluding hydrogens is 242 g/mol. The molecule has 2 heterocycles. The van der Waals surface area contributed by atoms with Crippen molar-refractivity contribution in [1.82, 2.24) is 15.2 Å². The highest BCUT2D eigenvalue weighted by Crippen LogP contribution is 2.21. The summed E-state index contributed by atoms with van der Waals surface area (Å²) < 4.78 is 0. The Morgan fingerprint density at radius 3 is 3.11 bits per heavy atom. The van der Waals surface area contributed by atoms with Gasteiger partial charge in [-0.1, -0.05) is 20.3 Å². The van der Waals surface area contributed by atoms with E-state index in [-0.39, 0.29) is 0 Å². The van der Waals surface area contributed by atoms with Gasteiger partial charge >= 0.3 is 0 Å². The van der Waals surface area contributed by atoms with Crippen molar-refractivity contribution < 1.29 is 0 Å². The number of rotatable bonds is 7. The molecule has 1 saturated heterocycles. The van der Waals surface area contributed by atoms with Gasteiger partial charge in [0.2, 0.25) is 0 Å². The largest absolute Gasteiger partial charge is 0.310 e. The number of nitrogens with zero attached hydrogens (tertiary/aromatic N) is 2. The third-order valence-corrected chi connectivity index (χ3v) is 4.53. The average Bonchev–Trinajstić information content (AvgIpc) is 3.00. The molecule has 3 nitrogen and oxygen atoms in total. The summed E-state index contributed by atoms with van der Waals surface area (Å²) in [5.41, 5.74) is 1.25. The van der Waals surface area contributed by atoms with Gasteiger partial charge in [-0.2, -0.15) is 0 Å². The van der Waals surface area contributed by atoms with Gasteiger partial charge in [-0.15, -0.1) is 11.3 Å². The fourth-order valence-electron chi connectivity index (χ4n) is 2.49. The van der Waals surface area contributed by atoms with Crippen molar-refractivity contribution in [3.63, 3.8) is 0 Å². The Morgan fingerprint density at radius 1 is 1.50 bits per heavy atom. The van der Waals surface area contributed by atoms with E-state index in [1.54, 1.807) is 11.3 Å². The standard InChI is InChI=1S/C14H25N3S/c1-3-6-15-8-14-16-13(11-18-14)10-17-7-5-12(4-2)9-17/h11-12,15H,3-10H2,1-2H3. The third kappa shape index (κ3) is 4.04. The molecule has 0 amide bonds. The van der Waals surface area contributed by atoms with Gasteiger partial charge < -0.3 is 5.32 Å². The summed E-state index contributed by atoms with van der Waals surface area (Å²) in [5.74, 6) is 0.911. The van der Waals surface area contributed by atoms with Crippen molar-refractivity contribution >= 4 is 11.3 Å². The molecule has 0 radical (unpaired) electrons. The Hall–Kier alpha value is -0.450. The van der Waals surface area contributed by atoms with Gasteiger partial charge in [0.1, 0.15) is 5.01 Å². The first-order valence-electron chi connectivity index (χ1n) is 7.18. The summed E-state index contributed by atoms with van der Waals surface area (Å²) in [6.07, 6.45) is 3.87. The van der Waals surface area contributed by atoms with E-state index in [1.807, 2.05) is 0 Å². The molecule has 1 aliphatic rings. The minimum absolute atomic E-state index is 0.911. The molecule has 1 aromatic heterocycles. The van der Waals surface area contributed by atoms with Gasteiger partial charge in [0, 0.05) is 25.0 Å². The van der Waals surface area contributed by atoms with E-state index in [1.165, 1.54) is 43.1 Å². The van der Waals surface area contributed by atoms with Crippen LogP contribution in [0, 0.1) is 5.92 Å². The predicted octanol–water partition coefficient (Wildman–Crippen LogP) is 2.87. The van der Waals surface area contributed by atoms with Crippen LogP contribution in [0.25, 0.3) is 0 Å². The molecule has 2 rings (SSSR count). The maximum atomic E-state index is 4.71. The fourth-order valence-corrected chi connectivity index (χ4v) is 3.25. The molecule has 4 heteroatoms. The molecule has 1 unspecified atom stereocenters. The van der Waals surface area contributed by atoms with E-state index in [4.69, 9.17) is 4.98 Å².